The molecule has 76 valence electrons. The number of thiazole rings is 1. The molecule has 2 aromatic heterocycles. The van der Waals surface area contributed by atoms with Gasteiger partial charge in [0.2, 0.25) is 0 Å². The standard InChI is InChI=1S/C11H9NO2S/c1-6(13)11-12-10-7-4-5-14-8(7)2-3-9(10)15-11/h4-5H,2-3H2,1H3. The van der Waals surface area contributed by atoms with Gasteiger partial charge in [-0.3, -0.25) is 4.79 Å². The van der Waals surface area contributed by atoms with Crippen LogP contribution in [-0.4, -0.2) is 10.8 Å². The average molecular weight is 219 g/mol. The second kappa shape index (κ2) is 3.03. The van der Waals surface area contributed by atoms with Gasteiger partial charge in [0.1, 0.15) is 5.76 Å². The van der Waals surface area contributed by atoms with E-state index in [4.69, 9.17) is 4.42 Å². The molecule has 0 amide bonds. The van der Waals surface area contributed by atoms with Gasteiger partial charge in [-0.2, -0.15) is 0 Å². The summed E-state index contributed by atoms with van der Waals surface area (Å²) in [4.78, 5) is 16.8. The molecular weight excluding hydrogens is 210 g/mol. The highest BCUT2D eigenvalue weighted by molar-refractivity contribution is 7.14. The van der Waals surface area contributed by atoms with Gasteiger partial charge in [-0.1, -0.05) is 0 Å². The highest BCUT2D eigenvalue weighted by Gasteiger charge is 2.23. The second-order valence-electron chi connectivity index (χ2n) is 3.60. The van der Waals surface area contributed by atoms with E-state index in [1.807, 2.05) is 6.07 Å². The van der Waals surface area contributed by atoms with Crippen molar-refractivity contribution in [3.63, 3.8) is 0 Å². The van der Waals surface area contributed by atoms with Gasteiger partial charge in [-0.15, -0.1) is 11.3 Å². The van der Waals surface area contributed by atoms with Crippen molar-refractivity contribution in [2.75, 3.05) is 0 Å². The molecule has 15 heavy (non-hydrogen) atoms. The van der Waals surface area contributed by atoms with Gasteiger partial charge in [-0.25, -0.2) is 4.98 Å². The third-order valence-electron chi connectivity index (χ3n) is 2.58. The Balaban J connectivity index is 2.20. The van der Waals surface area contributed by atoms with Crippen molar-refractivity contribution in [3.8, 4) is 11.3 Å². The number of aromatic nitrogens is 1. The fourth-order valence-electron chi connectivity index (χ4n) is 1.85. The number of fused-ring (bicyclic) bond motifs is 3. The lowest BCUT2D eigenvalue weighted by molar-refractivity contribution is 0.101. The Bertz CT molecular complexity index is 539. The summed E-state index contributed by atoms with van der Waals surface area (Å²) in [5.41, 5.74) is 2.00. The van der Waals surface area contributed by atoms with Crippen LogP contribution in [0, 0.1) is 0 Å². The number of nitrogens with zero attached hydrogens (tertiary/aromatic N) is 1. The molecule has 3 rings (SSSR count). The number of rotatable bonds is 1. The molecule has 0 aliphatic heterocycles. The summed E-state index contributed by atoms with van der Waals surface area (Å²) in [6.45, 7) is 1.56. The summed E-state index contributed by atoms with van der Waals surface area (Å²) in [6, 6.07) is 1.93. The molecule has 0 atom stereocenters. The number of carbonyl (C=O) groups is 1. The molecule has 0 saturated heterocycles. The van der Waals surface area contributed by atoms with Crippen LogP contribution in [0.3, 0.4) is 0 Å². The molecule has 1 aliphatic rings. The van der Waals surface area contributed by atoms with Crippen molar-refractivity contribution in [2.45, 2.75) is 19.8 Å². The van der Waals surface area contributed by atoms with Gasteiger partial charge < -0.3 is 4.42 Å². The minimum atomic E-state index is 0.0412. The lowest BCUT2D eigenvalue weighted by Crippen LogP contribution is -1.98. The monoisotopic (exact) mass is 219 g/mol. The number of ketones is 1. The third kappa shape index (κ3) is 1.25. The van der Waals surface area contributed by atoms with Crippen molar-refractivity contribution < 1.29 is 9.21 Å². The van der Waals surface area contributed by atoms with E-state index in [1.54, 1.807) is 13.2 Å². The molecule has 0 N–H and O–H groups in total. The zero-order valence-corrected chi connectivity index (χ0v) is 9.06. The number of aryl methyl sites for hydroxylation is 2. The van der Waals surface area contributed by atoms with E-state index in [-0.39, 0.29) is 5.78 Å². The Morgan fingerprint density at radius 2 is 2.40 bits per heavy atom. The number of hydrogen-bond acceptors (Lipinski definition) is 4. The molecule has 1 aliphatic carbocycles. The Morgan fingerprint density at radius 1 is 1.53 bits per heavy atom. The predicted molar refractivity (Wildman–Crippen MR) is 57.2 cm³/mol. The van der Waals surface area contributed by atoms with Crippen molar-refractivity contribution in [1.29, 1.82) is 0 Å². The Morgan fingerprint density at radius 3 is 3.20 bits per heavy atom. The molecule has 3 nitrogen and oxygen atoms in total. The van der Waals surface area contributed by atoms with E-state index in [9.17, 15) is 4.79 Å². The molecule has 0 spiro atoms. The lowest BCUT2D eigenvalue weighted by Gasteiger charge is -2.07. The van der Waals surface area contributed by atoms with Gasteiger partial charge in [0, 0.05) is 23.8 Å². The summed E-state index contributed by atoms with van der Waals surface area (Å²) < 4.78 is 5.36. The van der Waals surface area contributed by atoms with Crippen molar-refractivity contribution in [1.82, 2.24) is 4.98 Å². The maximum atomic E-state index is 11.2. The second-order valence-corrected chi connectivity index (χ2v) is 4.69. The number of furan rings is 1. The van der Waals surface area contributed by atoms with E-state index in [0.29, 0.717) is 5.01 Å². The van der Waals surface area contributed by atoms with Gasteiger partial charge in [-0.05, 0) is 12.5 Å². The molecule has 0 aromatic carbocycles. The maximum absolute atomic E-state index is 11.2. The zero-order chi connectivity index (χ0) is 10.4. The van der Waals surface area contributed by atoms with E-state index in [1.165, 1.54) is 16.2 Å². The van der Waals surface area contributed by atoms with Crippen molar-refractivity contribution in [3.05, 3.63) is 28.0 Å². The SMILES string of the molecule is CC(=O)c1nc2c(s1)CCc1occc1-2. The predicted octanol–water partition coefficient (Wildman–Crippen LogP) is 2.70. The van der Waals surface area contributed by atoms with Crippen LogP contribution >= 0.6 is 11.3 Å². The molecule has 4 heteroatoms. The van der Waals surface area contributed by atoms with Gasteiger partial charge in [0.25, 0.3) is 0 Å². The molecule has 0 unspecified atom stereocenters. The van der Waals surface area contributed by atoms with E-state index in [0.717, 1.165) is 29.9 Å². The van der Waals surface area contributed by atoms with Gasteiger partial charge in [0.05, 0.1) is 12.0 Å². The first-order valence-corrected chi connectivity index (χ1v) is 5.65. The minimum Gasteiger partial charge on any atom is -0.469 e. The van der Waals surface area contributed by atoms with Crippen LogP contribution < -0.4 is 0 Å². The molecule has 0 bridgehead atoms. The van der Waals surface area contributed by atoms with E-state index in [2.05, 4.69) is 4.98 Å². The Hall–Kier alpha value is -1.42. The van der Waals surface area contributed by atoms with Crippen molar-refractivity contribution in [2.24, 2.45) is 0 Å². The van der Waals surface area contributed by atoms with E-state index >= 15 is 0 Å². The summed E-state index contributed by atoms with van der Waals surface area (Å²) in [5.74, 6) is 1.03. The first-order valence-electron chi connectivity index (χ1n) is 4.83. The maximum Gasteiger partial charge on any atom is 0.188 e. The summed E-state index contributed by atoms with van der Waals surface area (Å²) in [5, 5.41) is 0.606. The van der Waals surface area contributed by atoms with Crippen LogP contribution in [0.4, 0.5) is 0 Å². The molecular formula is C11H9NO2S. The fourth-order valence-corrected chi connectivity index (χ4v) is 2.82. The number of carbonyl (C=O) groups excluding carboxylic acids is 1. The van der Waals surface area contributed by atoms with Crippen molar-refractivity contribution >= 4 is 17.1 Å². The number of Topliss-reactive ketones (excluding diaryl/α,β-unsaturated/α-hetero) is 1. The first kappa shape index (κ1) is 8.85. The van der Waals surface area contributed by atoms with Crippen LogP contribution in [0.5, 0.6) is 0 Å². The largest absolute Gasteiger partial charge is 0.469 e. The van der Waals surface area contributed by atoms with Crippen LogP contribution in [0.25, 0.3) is 11.3 Å². The first-order chi connectivity index (χ1) is 7.25. The molecule has 0 fully saturated rings. The van der Waals surface area contributed by atoms with Crippen LogP contribution in [0.15, 0.2) is 16.7 Å². The topological polar surface area (TPSA) is 43.1 Å². The quantitative estimate of drug-likeness (QED) is 0.692. The van der Waals surface area contributed by atoms with Gasteiger partial charge in [0.15, 0.2) is 10.8 Å². The number of hydrogen-bond donors (Lipinski definition) is 0. The molecule has 2 aromatic rings. The third-order valence-corrected chi connectivity index (χ3v) is 3.79. The lowest BCUT2D eigenvalue weighted by atomic mass is 10.0. The van der Waals surface area contributed by atoms with Crippen LogP contribution in [0.2, 0.25) is 0 Å². The molecule has 0 radical (unpaired) electrons. The van der Waals surface area contributed by atoms with Gasteiger partial charge >= 0.3 is 0 Å². The summed E-state index contributed by atoms with van der Waals surface area (Å²) >= 11 is 1.51. The van der Waals surface area contributed by atoms with Crippen LogP contribution in [0.1, 0.15) is 27.4 Å². The highest BCUT2D eigenvalue weighted by Crippen LogP contribution is 2.36. The zero-order valence-electron chi connectivity index (χ0n) is 8.24. The smallest absolute Gasteiger partial charge is 0.188 e. The van der Waals surface area contributed by atoms with Crippen LogP contribution in [-0.2, 0) is 12.8 Å². The minimum absolute atomic E-state index is 0.0412. The Kier molecular flexibility index (Phi) is 1.79. The molecule has 2 heterocycles. The fraction of sp³-hybridized carbons (Fsp3) is 0.273. The highest BCUT2D eigenvalue weighted by atomic mass is 32.1. The molecule has 0 saturated carbocycles. The summed E-state index contributed by atoms with van der Waals surface area (Å²) in [6.07, 6.45) is 3.53. The van der Waals surface area contributed by atoms with E-state index < -0.39 is 0 Å². The average Bonchev–Trinajstić information content (AvgIpc) is 2.82. The Labute approximate surface area is 90.8 Å². The normalized spacial score (nSPS) is 13.4. The summed E-state index contributed by atoms with van der Waals surface area (Å²) in [7, 11) is 0.